The number of amides is 1. The zero-order chi connectivity index (χ0) is 26.9. The van der Waals surface area contributed by atoms with E-state index in [1.807, 2.05) is 55.5 Å². The quantitative estimate of drug-likeness (QED) is 0.492. The molecule has 2 aromatic rings. The van der Waals surface area contributed by atoms with Crippen molar-refractivity contribution >= 4 is 22.8 Å². The second-order valence-corrected chi connectivity index (χ2v) is 9.60. The number of methoxy groups -OCH3 is 1. The van der Waals surface area contributed by atoms with E-state index in [1.165, 1.54) is 0 Å². The first-order valence-electron chi connectivity index (χ1n) is 13.4. The highest BCUT2D eigenvalue weighted by Gasteiger charge is 2.27. The van der Waals surface area contributed by atoms with E-state index in [1.54, 1.807) is 7.11 Å². The van der Waals surface area contributed by atoms with Gasteiger partial charge >= 0.3 is 0 Å². The van der Waals surface area contributed by atoms with E-state index in [4.69, 9.17) is 14.2 Å². The molecule has 202 valence electrons. The lowest BCUT2D eigenvalue weighted by molar-refractivity contribution is -0.120. The van der Waals surface area contributed by atoms with Crippen molar-refractivity contribution in [1.29, 1.82) is 0 Å². The molecule has 38 heavy (non-hydrogen) atoms. The van der Waals surface area contributed by atoms with Gasteiger partial charge in [0.05, 0.1) is 26.9 Å². The highest BCUT2D eigenvalue weighted by molar-refractivity contribution is 6.31. The Balaban J connectivity index is 1.60. The number of fused-ring (bicyclic) bond motifs is 1. The van der Waals surface area contributed by atoms with E-state index < -0.39 is 0 Å². The molecule has 7 heteroatoms. The number of hydrogen-bond acceptors (Lipinski definition) is 6. The summed E-state index contributed by atoms with van der Waals surface area (Å²) in [5.41, 5.74) is 4.72. The molecule has 1 aliphatic carbocycles. The molecule has 0 radical (unpaired) electrons. The van der Waals surface area contributed by atoms with Gasteiger partial charge in [0.15, 0.2) is 5.78 Å². The second-order valence-electron chi connectivity index (χ2n) is 9.60. The van der Waals surface area contributed by atoms with Gasteiger partial charge in [-0.25, -0.2) is 0 Å². The monoisotopic (exact) mass is 518 g/mol. The fraction of sp³-hybridized carbons (Fsp3) is 0.419. The number of rotatable bonds is 10. The van der Waals surface area contributed by atoms with Gasteiger partial charge in [-0.05, 0) is 54.7 Å². The van der Waals surface area contributed by atoms with Gasteiger partial charge in [-0.3, -0.25) is 14.5 Å². The number of hydrogen-bond donors (Lipinski definition) is 1. The van der Waals surface area contributed by atoms with Crippen LogP contribution >= 0.6 is 0 Å². The van der Waals surface area contributed by atoms with Crippen molar-refractivity contribution in [3.63, 3.8) is 0 Å². The summed E-state index contributed by atoms with van der Waals surface area (Å²) in [5.74, 6) is 1.35. The van der Waals surface area contributed by atoms with Crippen molar-refractivity contribution in [2.45, 2.75) is 33.1 Å². The molecule has 0 unspecified atom stereocenters. The molecule has 1 amide bonds. The molecular formula is C31H38N2O5. The van der Waals surface area contributed by atoms with Crippen molar-refractivity contribution < 1.29 is 23.8 Å². The minimum absolute atomic E-state index is 0.0362. The van der Waals surface area contributed by atoms with Crippen LogP contribution in [0.4, 0.5) is 0 Å². The first kappa shape index (κ1) is 27.6. The Morgan fingerprint density at radius 2 is 1.87 bits per heavy atom. The summed E-state index contributed by atoms with van der Waals surface area (Å²) in [6, 6.07) is 11.4. The molecule has 1 N–H and O–H groups in total. The van der Waals surface area contributed by atoms with Crippen LogP contribution in [0.25, 0.3) is 11.1 Å². The number of benzene rings is 2. The summed E-state index contributed by atoms with van der Waals surface area (Å²) >= 11 is 0. The Bertz CT molecular complexity index is 1190. The first-order chi connectivity index (χ1) is 18.5. The molecule has 0 aromatic heterocycles. The SMILES string of the molecule is CCCOc1ccc(C)c2c1C(=CCC(=O)NCCN1CCOCC1)CC=C(c1ccc(OC)cc1)C2=O. The fourth-order valence-corrected chi connectivity index (χ4v) is 4.84. The number of ketones is 1. The predicted octanol–water partition coefficient (Wildman–Crippen LogP) is 4.68. The minimum Gasteiger partial charge on any atom is -0.497 e. The predicted molar refractivity (Wildman–Crippen MR) is 150 cm³/mol. The number of nitrogens with zero attached hydrogens (tertiary/aromatic N) is 1. The highest BCUT2D eigenvalue weighted by Crippen LogP contribution is 2.40. The maximum atomic E-state index is 13.9. The Kier molecular flexibility index (Phi) is 9.73. The Hall–Kier alpha value is -3.42. The molecule has 7 nitrogen and oxygen atoms in total. The van der Waals surface area contributed by atoms with Crippen LogP contribution in [0.5, 0.6) is 11.5 Å². The molecule has 0 atom stereocenters. The summed E-state index contributed by atoms with van der Waals surface area (Å²) < 4.78 is 16.8. The Morgan fingerprint density at radius 3 is 2.58 bits per heavy atom. The Labute approximate surface area is 225 Å². The van der Waals surface area contributed by atoms with Crippen molar-refractivity contribution in [3.8, 4) is 11.5 Å². The summed E-state index contributed by atoms with van der Waals surface area (Å²) in [6.45, 7) is 9.25. The molecule has 1 fully saturated rings. The number of carbonyl (C=O) groups is 2. The van der Waals surface area contributed by atoms with Crippen LogP contribution in [0.15, 0.2) is 48.6 Å². The van der Waals surface area contributed by atoms with Gasteiger partial charge in [0, 0.05) is 49.3 Å². The van der Waals surface area contributed by atoms with E-state index in [2.05, 4.69) is 17.1 Å². The second kappa shape index (κ2) is 13.4. The third kappa shape index (κ3) is 6.71. The van der Waals surface area contributed by atoms with E-state index >= 15 is 0 Å². The van der Waals surface area contributed by atoms with Crippen LogP contribution in [0.3, 0.4) is 0 Å². The molecular weight excluding hydrogens is 480 g/mol. The molecule has 4 rings (SSSR count). The van der Waals surface area contributed by atoms with Gasteiger partial charge in [-0.15, -0.1) is 0 Å². The lowest BCUT2D eigenvalue weighted by Gasteiger charge is -2.26. The van der Waals surface area contributed by atoms with Crippen LogP contribution in [0, 0.1) is 6.92 Å². The van der Waals surface area contributed by atoms with Crippen molar-refractivity contribution in [3.05, 3.63) is 70.8 Å². The average molecular weight is 519 g/mol. The topological polar surface area (TPSA) is 77.1 Å². The highest BCUT2D eigenvalue weighted by atomic mass is 16.5. The molecule has 0 saturated carbocycles. The number of ether oxygens (including phenoxy) is 3. The zero-order valence-corrected chi connectivity index (χ0v) is 22.7. The van der Waals surface area contributed by atoms with Crippen molar-refractivity contribution in [2.75, 3.05) is 53.1 Å². The van der Waals surface area contributed by atoms with E-state index in [0.717, 1.165) is 67.3 Å². The molecule has 0 spiro atoms. The van der Waals surface area contributed by atoms with E-state index in [-0.39, 0.29) is 18.1 Å². The van der Waals surface area contributed by atoms with Gasteiger partial charge in [0.1, 0.15) is 11.5 Å². The van der Waals surface area contributed by atoms with Gasteiger partial charge in [0.25, 0.3) is 0 Å². The largest absolute Gasteiger partial charge is 0.497 e. The number of allylic oxidation sites excluding steroid dienone is 3. The summed E-state index contributed by atoms with van der Waals surface area (Å²) in [5, 5.41) is 3.03. The third-order valence-corrected chi connectivity index (χ3v) is 6.94. The Morgan fingerprint density at radius 1 is 1.11 bits per heavy atom. The third-order valence-electron chi connectivity index (χ3n) is 6.94. The maximum Gasteiger partial charge on any atom is 0.223 e. The minimum atomic E-state index is -0.0389. The van der Waals surface area contributed by atoms with Crippen molar-refractivity contribution in [1.82, 2.24) is 10.2 Å². The molecule has 2 aliphatic rings. The number of morpholine rings is 1. The summed E-state index contributed by atoms with van der Waals surface area (Å²) in [4.78, 5) is 29.0. The maximum absolute atomic E-state index is 13.9. The smallest absolute Gasteiger partial charge is 0.223 e. The van der Waals surface area contributed by atoms with Gasteiger partial charge in [-0.1, -0.05) is 37.3 Å². The first-order valence-corrected chi connectivity index (χ1v) is 13.4. The number of nitrogens with one attached hydrogen (secondary N) is 1. The van der Waals surface area contributed by atoms with Crippen LogP contribution in [0.2, 0.25) is 0 Å². The number of aryl methyl sites for hydroxylation is 1. The summed E-state index contributed by atoms with van der Waals surface area (Å²) in [7, 11) is 1.62. The normalized spacial score (nSPS) is 17.0. The summed E-state index contributed by atoms with van der Waals surface area (Å²) in [6.07, 6.45) is 5.53. The average Bonchev–Trinajstić information content (AvgIpc) is 3.09. The van der Waals surface area contributed by atoms with Crippen LogP contribution in [-0.2, 0) is 9.53 Å². The number of carbonyl (C=O) groups excluding carboxylic acids is 2. The lowest BCUT2D eigenvalue weighted by Crippen LogP contribution is -2.41. The molecule has 2 aromatic carbocycles. The van der Waals surface area contributed by atoms with E-state index in [0.29, 0.717) is 36.5 Å². The van der Waals surface area contributed by atoms with Gasteiger partial charge in [-0.2, -0.15) is 0 Å². The van der Waals surface area contributed by atoms with Gasteiger partial charge < -0.3 is 19.5 Å². The molecule has 1 saturated heterocycles. The molecule has 1 heterocycles. The number of Topliss-reactive ketones (excluding diaryl/α,β-unsaturated/α-hetero) is 1. The van der Waals surface area contributed by atoms with Crippen LogP contribution < -0.4 is 14.8 Å². The zero-order valence-electron chi connectivity index (χ0n) is 22.7. The fourth-order valence-electron chi connectivity index (χ4n) is 4.84. The lowest BCUT2D eigenvalue weighted by atomic mass is 9.90. The van der Waals surface area contributed by atoms with Crippen LogP contribution in [0.1, 0.15) is 53.2 Å². The van der Waals surface area contributed by atoms with Crippen LogP contribution in [-0.4, -0.2) is 69.7 Å². The van der Waals surface area contributed by atoms with E-state index in [9.17, 15) is 9.59 Å². The molecule has 1 aliphatic heterocycles. The standard InChI is InChI=1S/C31H38N2O5/c1-4-19-38-27-13-5-22(2)29-30(27)24(9-14-28(34)32-15-16-33-17-20-37-21-18-33)8-12-26(31(29)35)23-6-10-25(36-3)11-7-23/h5-7,9-13H,4,8,14-21H2,1-3H3,(H,32,34). The van der Waals surface area contributed by atoms with Crippen molar-refractivity contribution in [2.24, 2.45) is 0 Å². The van der Waals surface area contributed by atoms with Gasteiger partial charge in [0.2, 0.25) is 5.91 Å². The molecule has 0 bridgehead atoms.